The molecule has 2 atom stereocenters. The minimum absolute atomic E-state index is 0.210. The topological polar surface area (TPSA) is 46.6 Å². The molecule has 2 aliphatic carbocycles. The number of hydrogen-bond acceptors (Lipinski definition) is 3. The van der Waals surface area contributed by atoms with E-state index in [0.717, 1.165) is 28.3 Å². The minimum atomic E-state index is -0.538. The Morgan fingerprint density at radius 3 is 2.12 bits per heavy atom. The lowest BCUT2D eigenvalue weighted by molar-refractivity contribution is 0.576. The molecular formula is C47H37N5. The van der Waals surface area contributed by atoms with Crippen molar-refractivity contribution in [2.24, 2.45) is 15.9 Å². The van der Waals surface area contributed by atoms with E-state index < -0.39 is 6.29 Å². The van der Waals surface area contributed by atoms with Gasteiger partial charge in [0.1, 0.15) is 11.7 Å². The highest BCUT2D eigenvalue weighted by atomic mass is 15.3. The number of nitrogens with zero attached hydrogens (tertiary/aromatic N) is 4. The van der Waals surface area contributed by atoms with Gasteiger partial charge in [0.25, 0.3) is 0 Å². The van der Waals surface area contributed by atoms with Crippen LogP contribution in [0.15, 0.2) is 155 Å². The Balaban J connectivity index is 1.32. The lowest BCUT2D eigenvalue weighted by atomic mass is 9.74. The molecule has 0 radical (unpaired) electrons. The molecular weight excluding hydrogens is 635 g/mol. The lowest BCUT2D eigenvalue weighted by Crippen LogP contribution is -2.36. The summed E-state index contributed by atoms with van der Waals surface area (Å²) in [6.45, 7) is 7.21. The molecule has 0 saturated carbocycles. The number of para-hydroxylation sites is 2. The maximum Gasteiger partial charge on any atom is 0.225 e. The first kappa shape index (κ1) is 29.5. The number of aromatic nitrogens is 2. The predicted molar refractivity (Wildman–Crippen MR) is 215 cm³/mol. The van der Waals surface area contributed by atoms with Crippen LogP contribution in [0.5, 0.6) is 0 Å². The second-order valence-electron chi connectivity index (χ2n) is 15.1. The van der Waals surface area contributed by atoms with E-state index in [1.807, 2.05) is 12.1 Å². The van der Waals surface area contributed by atoms with Crippen LogP contribution in [0.4, 0.5) is 0 Å². The number of amidine groups is 2. The van der Waals surface area contributed by atoms with E-state index in [2.05, 4.69) is 169 Å². The van der Waals surface area contributed by atoms with Crippen molar-refractivity contribution < 1.29 is 0 Å². The molecule has 52 heavy (non-hydrogen) atoms. The summed E-state index contributed by atoms with van der Waals surface area (Å²) in [7, 11) is 0. The molecule has 11 rings (SSSR count). The first-order valence-corrected chi connectivity index (χ1v) is 18.3. The zero-order valence-corrected chi connectivity index (χ0v) is 29.4. The molecule has 0 amide bonds. The van der Waals surface area contributed by atoms with E-state index in [1.165, 1.54) is 60.8 Å². The van der Waals surface area contributed by atoms with Crippen molar-refractivity contribution in [1.29, 1.82) is 0 Å². The smallest absolute Gasteiger partial charge is 0.225 e. The van der Waals surface area contributed by atoms with Crippen LogP contribution in [-0.4, -0.2) is 20.8 Å². The summed E-state index contributed by atoms with van der Waals surface area (Å²) < 4.78 is 5.03. The third kappa shape index (κ3) is 3.93. The first-order valence-electron chi connectivity index (χ1n) is 18.3. The monoisotopic (exact) mass is 671 g/mol. The van der Waals surface area contributed by atoms with Gasteiger partial charge in [-0.15, -0.1) is 0 Å². The molecule has 1 N–H and O–H groups in total. The van der Waals surface area contributed by atoms with Crippen LogP contribution in [0.25, 0.3) is 44.5 Å². The second kappa shape index (κ2) is 10.7. The van der Waals surface area contributed by atoms with Crippen LogP contribution in [-0.2, 0) is 5.41 Å². The number of rotatable bonds is 3. The molecule has 250 valence electrons. The standard InChI is InChI=1S/C47H37N5/c1-28-32-21-11-10-20-31(32)26-35-40-42-34(27-37-43(40)51(41(28)35)39-25-15-13-23-36(39)47(37,2)3)33-22-12-14-24-38(33)52(42)46-49-44(29-16-6-4-7-17-29)48-45(50-46)30-18-8-5-9-19-30/h4-28,32,46H,1-3H3,(H,48,49,50). The van der Waals surface area contributed by atoms with Crippen LogP contribution in [0.3, 0.4) is 0 Å². The van der Waals surface area contributed by atoms with Crippen molar-refractivity contribution in [3.05, 3.63) is 179 Å². The maximum absolute atomic E-state index is 5.44. The average Bonchev–Trinajstić information content (AvgIpc) is 3.71. The van der Waals surface area contributed by atoms with Gasteiger partial charge < -0.3 is 9.88 Å². The van der Waals surface area contributed by atoms with E-state index >= 15 is 0 Å². The van der Waals surface area contributed by atoms with Crippen LogP contribution in [0, 0.1) is 5.92 Å². The van der Waals surface area contributed by atoms with E-state index in [-0.39, 0.29) is 11.3 Å². The molecule has 2 aromatic heterocycles. The van der Waals surface area contributed by atoms with Gasteiger partial charge in [-0.3, -0.25) is 4.57 Å². The van der Waals surface area contributed by atoms with Crippen molar-refractivity contribution in [3.8, 4) is 5.69 Å². The fourth-order valence-electron chi connectivity index (χ4n) is 9.46. The summed E-state index contributed by atoms with van der Waals surface area (Å²) in [5, 5.41) is 7.35. The number of benzene rings is 5. The molecule has 4 aliphatic rings. The van der Waals surface area contributed by atoms with Crippen LogP contribution in [0.2, 0.25) is 0 Å². The molecule has 5 aromatic carbocycles. The zero-order chi connectivity index (χ0) is 34.7. The van der Waals surface area contributed by atoms with E-state index in [9.17, 15) is 0 Å². The van der Waals surface area contributed by atoms with Crippen molar-refractivity contribution in [2.75, 3.05) is 0 Å². The van der Waals surface area contributed by atoms with E-state index in [0.29, 0.717) is 5.92 Å². The summed E-state index contributed by atoms with van der Waals surface area (Å²) >= 11 is 0. The van der Waals surface area contributed by atoms with Crippen LogP contribution >= 0.6 is 0 Å². The Morgan fingerprint density at radius 1 is 0.692 bits per heavy atom. The molecule has 7 aromatic rings. The molecule has 5 heteroatoms. The molecule has 0 spiro atoms. The third-order valence-electron chi connectivity index (χ3n) is 11.9. The van der Waals surface area contributed by atoms with Gasteiger partial charge in [-0.2, -0.15) is 0 Å². The SMILES string of the molecule is CC1c2c(c3c4c(cc5c6ccccc6n(C6N=C(c7ccccc7)NC(c7ccccc7)=N6)c53)C(C)(C)c3ccccc3-n24)C=C2C=CC=CC21. The van der Waals surface area contributed by atoms with E-state index in [4.69, 9.17) is 9.98 Å². The van der Waals surface area contributed by atoms with Crippen molar-refractivity contribution in [1.82, 2.24) is 14.5 Å². The van der Waals surface area contributed by atoms with E-state index in [1.54, 1.807) is 0 Å². The summed E-state index contributed by atoms with van der Waals surface area (Å²) in [6, 6.07) is 41.2. The zero-order valence-electron chi connectivity index (χ0n) is 29.4. The summed E-state index contributed by atoms with van der Waals surface area (Å²) in [5.74, 6) is 2.23. The van der Waals surface area contributed by atoms with Gasteiger partial charge in [0, 0.05) is 61.5 Å². The number of allylic oxidation sites excluding steroid dienone is 5. The summed E-state index contributed by atoms with van der Waals surface area (Å²) in [5.41, 5.74) is 13.5. The number of hydrogen-bond donors (Lipinski definition) is 1. The van der Waals surface area contributed by atoms with Gasteiger partial charge in [-0.1, -0.05) is 142 Å². The van der Waals surface area contributed by atoms with Crippen molar-refractivity contribution in [2.45, 2.75) is 38.4 Å². The van der Waals surface area contributed by atoms with Gasteiger partial charge >= 0.3 is 0 Å². The molecule has 4 heterocycles. The van der Waals surface area contributed by atoms with Crippen molar-refractivity contribution >= 4 is 50.5 Å². The van der Waals surface area contributed by atoms with Gasteiger partial charge in [0.15, 0.2) is 0 Å². The molecule has 2 unspecified atom stereocenters. The summed E-state index contributed by atoms with van der Waals surface area (Å²) in [6.07, 6.45) is 11.0. The quantitative estimate of drug-likeness (QED) is 0.200. The minimum Gasteiger partial charge on any atom is -0.324 e. The highest BCUT2D eigenvalue weighted by Crippen LogP contribution is 2.55. The number of aliphatic imine (C=N–C) groups is 2. The molecule has 0 fully saturated rings. The largest absolute Gasteiger partial charge is 0.324 e. The van der Waals surface area contributed by atoms with Crippen molar-refractivity contribution in [3.63, 3.8) is 0 Å². The van der Waals surface area contributed by atoms with Crippen LogP contribution < -0.4 is 5.32 Å². The Kier molecular flexibility index (Phi) is 6.05. The van der Waals surface area contributed by atoms with Gasteiger partial charge in [-0.25, -0.2) is 9.98 Å². The fourth-order valence-corrected chi connectivity index (χ4v) is 9.46. The number of fused-ring (bicyclic) bond motifs is 10. The first-order chi connectivity index (χ1) is 25.5. The highest BCUT2D eigenvalue weighted by molar-refractivity contribution is 6.22. The highest BCUT2D eigenvalue weighted by Gasteiger charge is 2.41. The molecule has 0 saturated heterocycles. The predicted octanol–water partition coefficient (Wildman–Crippen LogP) is 10.6. The Bertz CT molecular complexity index is 2750. The summed E-state index contributed by atoms with van der Waals surface area (Å²) in [4.78, 5) is 10.9. The Labute approximate surface area is 302 Å². The number of nitrogens with one attached hydrogen (secondary N) is 1. The second-order valence-corrected chi connectivity index (χ2v) is 15.1. The average molecular weight is 672 g/mol. The molecule has 2 aliphatic heterocycles. The third-order valence-corrected chi connectivity index (χ3v) is 11.9. The van der Waals surface area contributed by atoms with Gasteiger partial charge in [0.05, 0.1) is 16.6 Å². The fraction of sp³-hybridized carbons (Fsp3) is 0.149. The van der Waals surface area contributed by atoms with Gasteiger partial charge in [-0.05, 0) is 41.0 Å². The molecule has 5 nitrogen and oxygen atoms in total. The van der Waals surface area contributed by atoms with Gasteiger partial charge in [0.2, 0.25) is 6.29 Å². The molecule has 0 bridgehead atoms. The maximum atomic E-state index is 5.44. The Morgan fingerprint density at radius 2 is 1.37 bits per heavy atom. The normalized spacial score (nSPS) is 19.9. The lowest BCUT2D eigenvalue weighted by Gasteiger charge is -2.36. The Hall–Kier alpha value is -6.20. The van der Waals surface area contributed by atoms with Crippen LogP contribution in [0.1, 0.15) is 66.5 Å².